The molecule has 5 aromatic rings. The monoisotopic (exact) mass is 722 g/mol. The third-order valence-corrected chi connectivity index (χ3v) is 10.6. The number of carbonyl (C=O) groups is 2. The molecule has 2 N–H and O–H groups in total. The zero-order valence-corrected chi connectivity index (χ0v) is 30.1. The van der Waals surface area contributed by atoms with E-state index in [0.29, 0.717) is 32.4 Å². The Morgan fingerprint density at radius 1 is 0.980 bits per heavy atom. The van der Waals surface area contributed by atoms with Crippen molar-refractivity contribution in [1.82, 2.24) is 20.2 Å². The molecule has 0 unspecified atom stereocenters. The lowest BCUT2D eigenvalue weighted by atomic mass is 9.95. The van der Waals surface area contributed by atoms with Gasteiger partial charge in [-0.25, -0.2) is 19.2 Å². The average molecular weight is 723 g/mol. The first-order valence-electron chi connectivity index (χ1n) is 16.4. The lowest BCUT2D eigenvalue weighted by Crippen LogP contribution is -2.54. The standard InChI is InChI=1S/C40H36ClFN4O4S/c1-23-13-27(16-30(41)14-23)26-9-10-31(32(42)17-26)28-18-43-37(44-19-28)25-7-5-24(6-8-25)15-33(34(22-47)46-20-29(21-46)39(49)50)45-38(48)35-11-12-36(51-35)40(2,3)4/h5-14,16-19,29,33H,15,20-21H2,1-4H3,(H,45,48)(H,49,50)/t33-/m0/s1. The Balaban J connectivity index is 1.18. The highest BCUT2D eigenvalue weighted by Gasteiger charge is 2.37. The van der Waals surface area contributed by atoms with Gasteiger partial charge in [0.2, 0.25) is 0 Å². The average Bonchev–Trinajstić information content (AvgIpc) is 3.58. The molecule has 1 fully saturated rings. The number of halogens is 2. The number of aryl methyl sites for hydroxylation is 1. The number of amides is 1. The SMILES string of the molecule is Cc1cc(Cl)cc(-c2ccc(-c3cnc(-c4ccc(C[C@H](NC(=O)c5ccc(C(C)(C)C)s5)C(=C=O)N5CC(C(=O)O)C5)cc4)nc3)c(F)c2)c1. The van der Waals surface area contributed by atoms with Gasteiger partial charge in [0.15, 0.2) is 5.82 Å². The summed E-state index contributed by atoms with van der Waals surface area (Å²) in [5.74, 6) is 0.193. The molecular formula is C40H36ClFN4O4S. The second kappa shape index (κ2) is 14.6. The molecular weight excluding hydrogens is 687 g/mol. The van der Waals surface area contributed by atoms with Crippen molar-refractivity contribution in [3.63, 3.8) is 0 Å². The van der Waals surface area contributed by atoms with Crippen molar-refractivity contribution < 1.29 is 23.9 Å². The van der Waals surface area contributed by atoms with Crippen LogP contribution in [0.4, 0.5) is 4.39 Å². The molecule has 0 aliphatic carbocycles. The smallest absolute Gasteiger partial charge is 0.310 e. The molecule has 0 bridgehead atoms. The van der Waals surface area contributed by atoms with Crippen LogP contribution >= 0.6 is 22.9 Å². The summed E-state index contributed by atoms with van der Waals surface area (Å²) in [6, 6.07) is 21.0. The van der Waals surface area contributed by atoms with E-state index >= 15 is 4.39 Å². The number of aromatic nitrogens is 2. The minimum absolute atomic E-state index is 0.120. The van der Waals surface area contributed by atoms with E-state index in [2.05, 4.69) is 36.1 Å². The number of rotatable bonds is 10. The minimum atomic E-state index is -0.928. The maximum atomic E-state index is 15.3. The van der Waals surface area contributed by atoms with Crippen LogP contribution in [0.15, 0.2) is 90.9 Å². The highest BCUT2D eigenvalue weighted by atomic mass is 35.5. The summed E-state index contributed by atoms with van der Waals surface area (Å²) < 4.78 is 15.3. The van der Waals surface area contributed by atoms with Gasteiger partial charge in [-0.3, -0.25) is 9.59 Å². The van der Waals surface area contributed by atoms with Crippen LogP contribution in [0.3, 0.4) is 0 Å². The zero-order chi connectivity index (χ0) is 36.4. The third-order valence-electron chi connectivity index (χ3n) is 8.84. The second-order valence-electron chi connectivity index (χ2n) is 13.8. The molecule has 1 aliphatic rings. The summed E-state index contributed by atoms with van der Waals surface area (Å²) in [5.41, 5.74) is 5.08. The first-order chi connectivity index (χ1) is 24.3. The Bertz CT molecular complexity index is 2130. The summed E-state index contributed by atoms with van der Waals surface area (Å²) in [6.45, 7) is 8.50. The maximum absolute atomic E-state index is 15.3. The summed E-state index contributed by atoms with van der Waals surface area (Å²) >= 11 is 7.60. The van der Waals surface area contributed by atoms with Crippen LogP contribution in [0.2, 0.25) is 5.02 Å². The molecule has 1 atom stereocenters. The van der Waals surface area contributed by atoms with Crippen LogP contribution in [0.1, 0.15) is 46.4 Å². The maximum Gasteiger partial charge on any atom is 0.310 e. The molecule has 3 heterocycles. The number of nitrogens with one attached hydrogen (secondary N) is 1. The molecule has 260 valence electrons. The summed E-state index contributed by atoms with van der Waals surface area (Å²) in [4.78, 5) is 49.3. The quantitative estimate of drug-likeness (QED) is 0.141. The van der Waals surface area contributed by atoms with Crippen molar-refractivity contribution in [1.29, 1.82) is 0 Å². The lowest BCUT2D eigenvalue weighted by molar-refractivity contribution is -0.146. The minimum Gasteiger partial charge on any atom is -0.481 e. The highest BCUT2D eigenvalue weighted by Crippen LogP contribution is 2.32. The fraction of sp³-hybridized carbons (Fsp3) is 0.250. The van der Waals surface area contributed by atoms with E-state index in [-0.39, 0.29) is 36.5 Å². The van der Waals surface area contributed by atoms with Gasteiger partial charge in [-0.2, -0.15) is 0 Å². The van der Waals surface area contributed by atoms with Gasteiger partial charge in [0, 0.05) is 52.1 Å². The highest BCUT2D eigenvalue weighted by molar-refractivity contribution is 7.14. The van der Waals surface area contributed by atoms with Crippen molar-refractivity contribution in [2.75, 3.05) is 13.1 Å². The number of nitrogens with zero attached hydrogens (tertiary/aromatic N) is 3. The molecule has 51 heavy (non-hydrogen) atoms. The molecule has 8 nitrogen and oxygen atoms in total. The Labute approximate surface area is 304 Å². The number of likely N-dealkylation sites (tertiary alicyclic amines) is 1. The van der Waals surface area contributed by atoms with Gasteiger partial charge in [-0.1, -0.05) is 74.8 Å². The summed E-state index contributed by atoms with van der Waals surface area (Å²) in [7, 11) is 0. The van der Waals surface area contributed by atoms with Crippen molar-refractivity contribution in [3.8, 4) is 33.6 Å². The molecule has 3 aromatic carbocycles. The molecule has 2 aromatic heterocycles. The number of aliphatic carboxylic acids is 1. The number of carbonyl (C=O) groups excluding carboxylic acids is 2. The van der Waals surface area contributed by atoms with Crippen LogP contribution < -0.4 is 5.32 Å². The van der Waals surface area contributed by atoms with Crippen LogP contribution in [0.5, 0.6) is 0 Å². The largest absolute Gasteiger partial charge is 0.481 e. The fourth-order valence-electron chi connectivity index (χ4n) is 5.97. The van der Waals surface area contributed by atoms with Gasteiger partial charge < -0.3 is 15.3 Å². The number of benzene rings is 3. The Hall–Kier alpha value is -5.15. The van der Waals surface area contributed by atoms with Crippen LogP contribution in [0.25, 0.3) is 33.6 Å². The van der Waals surface area contributed by atoms with Crippen molar-refractivity contribution >= 4 is 40.8 Å². The van der Waals surface area contributed by atoms with Gasteiger partial charge in [0.25, 0.3) is 5.91 Å². The molecule has 0 saturated carbocycles. The van der Waals surface area contributed by atoms with Crippen molar-refractivity contribution in [2.45, 2.75) is 45.6 Å². The number of hydrogen-bond acceptors (Lipinski definition) is 7. The normalized spacial score (nSPS) is 13.6. The van der Waals surface area contributed by atoms with E-state index in [4.69, 9.17) is 11.6 Å². The van der Waals surface area contributed by atoms with Gasteiger partial charge >= 0.3 is 5.97 Å². The van der Waals surface area contributed by atoms with Gasteiger partial charge in [0.1, 0.15) is 17.5 Å². The Morgan fingerprint density at radius 2 is 1.67 bits per heavy atom. The summed E-state index contributed by atoms with van der Waals surface area (Å²) in [5, 5.41) is 13.0. The molecule has 1 saturated heterocycles. The fourth-order valence-corrected chi connectivity index (χ4v) is 7.23. The van der Waals surface area contributed by atoms with E-state index in [0.717, 1.165) is 27.1 Å². The number of carboxylic acids is 1. The predicted octanol–water partition coefficient (Wildman–Crippen LogP) is 8.01. The van der Waals surface area contributed by atoms with Crippen LogP contribution in [-0.4, -0.2) is 56.9 Å². The number of hydrogen-bond donors (Lipinski definition) is 2. The van der Waals surface area contributed by atoms with Crippen LogP contribution in [0, 0.1) is 18.7 Å². The van der Waals surface area contributed by atoms with E-state index < -0.39 is 23.7 Å². The third kappa shape index (κ3) is 8.10. The molecule has 11 heteroatoms. The Kier molecular flexibility index (Phi) is 10.2. The molecule has 1 amide bonds. The molecule has 0 spiro atoms. The molecule has 0 radical (unpaired) electrons. The van der Waals surface area contributed by atoms with Gasteiger partial charge in [-0.05, 0) is 71.3 Å². The van der Waals surface area contributed by atoms with E-state index in [1.165, 1.54) is 17.4 Å². The molecule has 6 rings (SSSR count). The zero-order valence-electron chi connectivity index (χ0n) is 28.5. The molecule has 1 aliphatic heterocycles. The second-order valence-corrected chi connectivity index (χ2v) is 15.3. The van der Waals surface area contributed by atoms with Gasteiger partial charge in [-0.15, -0.1) is 11.3 Å². The predicted molar refractivity (Wildman–Crippen MR) is 198 cm³/mol. The van der Waals surface area contributed by atoms with Crippen LogP contribution in [-0.2, 0) is 21.4 Å². The lowest BCUT2D eigenvalue weighted by Gasteiger charge is -2.41. The Morgan fingerprint density at radius 3 is 2.25 bits per heavy atom. The number of thiophene rings is 1. The first-order valence-corrected chi connectivity index (χ1v) is 17.6. The number of carboxylic acid groups (broad SMARTS) is 1. The van der Waals surface area contributed by atoms with Gasteiger partial charge in [0.05, 0.1) is 16.8 Å². The first kappa shape index (κ1) is 35.7. The van der Waals surface area contributed by atoms with E-state index in [1.54, 1.807) is 35.5 Å². The van der Waals surface area contributed by atoms with E-state index in [9.17, 15) is 19.5 Å². The topological polar surface area (TPSA) is 112 Å². The van der Waals surface area contributed by atoms with Crippen molar-refractivity contribution in [2.24, 2.45) is 5.92 Å². The van der Waals surface area contributed by atoms with E-state index in [1.807, 2.05) is 61.4 Å². The van der Waals surface area contributed by atoms with Crippen molar-refractivity contribution in [3.05, 3.63) is 123 Å². The summed E-state index contributed by atoms with van der Waals surface area (Å²) in [6.07, 6.45) is 3.43.